The first-order valence-corrected chi connectivity index (χ1v) is 8.43. The Morgan fingerprint density at radius 2 is 1.67 bits per heavy atom. The van der Waals surface area contributed by atoms with Gasteiger partial charge in [-0.05, 0) is 61.2 Å². The maximum Gasteiger partial charge on any atom is -0.0383 e. The molecule has 0 amide bonds. The van der Waals surface area contributed by atoms with Crippen molar-refractivity contribution in [2.75, 3.05) is 0 Å². The summed E-state index contributed by atoms with van der Waals surface area (Å²) in [6, 6.07) is 0. The van der Waals surface area contributed by atoms with Gasteiger partial charge in [0.05, 0.1) is 0 Å². The van der Waals surface area contributed by atoms with Gasteiger partial charge in [-0.25, -0.2) is 0 Å². The Labute approximate surface area is 116 Å². The molecule has 0 heteroatoms. The summed E-state index contributed by atoms with van der Waals surface area (Å²) in [4.78, 5) is 0. The van der Waals surface area contributed by atoms with Gasteiger partial charge in [0.1, 0.15) is 0 Å². The summed E-state index contributed by atoms with van der Waals surface area (Å²) in [5, 5.41) is 0. The molecule has 0 aromatic rings. The van der Waals surface area contributed by atoms with Crippen LogP contribution in [0.4, 0.5) is 0 Å². The lowest BCUT2D eigenvalue weighted by atomic mass is 9.81. The molecule has 1 rings (SSSR count). The predicted molar refractivity (Wildman–Crippen MR) is 82.7 cm³/mol. The smallest absolute Gasteiger partial charge is 0.0383 e. The highest BCUT2D eigenvalue weighted by Crippen LogP contribution is 2.42. The normalized spacial score (nSPS) is 28.0. The van der Waals surface area contributed by atoms with Crippen LogP contribution in [0.1, 0.15) is 80.1 Å². The zero-order valence-electron chi connectivity index (χ0n) is 13.7. The maximum absolute atomic E-state index is 2.45. The van der Waals surface area contributed by atoms with Crippen LogP contribution in [-0.4, -0.2) is 0 Å². The van der Waals surface area contributed by atoms with E-state index in [-0.39, 0.29) is 0 Å². The standard InChI is InChI=1S/C18H36/c1-7-17(10-13(2)3)18-9-8-16(12-18)11-15(6)14(4)5/h13-18H,7-12H2,1-6H3. The van der Waals surface area contributed by atoms with E-state index in [1.165, 1.54) is 38.5 Å². The molecule has 18 heavy (non-hydrogen) atoms. The van der Waals surface area contributed by atoms with Crippen molar-refractivity contribution in [3.05, 3.63) is 0 Å². The van der Waals surface area contributed by atoms with Gasteiger partial charge < -0.3 is 0 Å². The largest absolute Gasteiger partial charge is 0.0651 e. The minimum Gasteiger partial charge on any atom is -0.0651 e. The second-order valence-electron chi connectivity index (χ2n) is 7.69. The van der Waals surface area contributed by atoms with Crippen molar-refractivity contribution in [1.82, 2.24) is 0 Å². The second-order valence-corrected chi connectivity index (χ2v) is 7.69. The molecule has 0 saturated heterocycles. The summed E-state index contributed by atoms with van der Waals surface area (Å²) >= 11 is 0. The van der Waals surface area contributed by atoms with Crippen LogP contribution in [-0.2, 0) is 0 Å². The molecule has 0 aromatic carbocycles. The molecule has 1 fully saturated rings. The Bertz CT molecular complexity index is 216. The van der Waals surface area contributed by atoms with E-state index in [1.54, 1.807) is 0 Å². The molecule has 0 aromatic heterocycles. The first kappa shape index (κ1) is 16.1. The molecule has 4 atom stereocenters. The quantitative estimate of drug-likeness (QED) is 0.509. The van der Waals surface area contributed by atoms with E-state index in [9.17, 15) is 0 Å². The summed E-state index contributed by atoms with van der Waals surface area (Å²) in [6.45, 7) is 14.4. The van der Waals surface area contributed by atoms with E-state index in [4.69, 9.17) is 0 Å². The SMILES string of the molecule is CCC(CC(C)C)C1CCC(CC(C)C(C)C)C1. The topological polar surface area (TPSA) is 0 Å². The molecule has 1 aliphatic carbocycles. The molecule has 0 nitrogen and oxygen atoms in total. The van der Waals surface area contributed by atoms with Crippen molar-refractivity contribution < 1.29 is 0 Å². The average Bonchev–Trinajstić information content (AvgIpc) is 2.73. The summed E-state index contributed by atoms with van der Waals surface area (Å²) in [5.74, 6) is 5.74. The van der Waals surface area contributed by atoms with E-state index >= 15 is 0 Å². The van der Waals surface area contributed by atoms with Gasteiger partial charge in [0, 0.05) is 0 Å². The fourth-order valence-corrected chi connectivity index (χ4v) is 3.85. The molecule has 0 spiro atoms. The Morgan fingerprint density at radius 1 is 1.00 bits per heavy atom. The minimum atomic E-state index is 0.863. The van der Waals surface area contributed by atoms with Crippen LogP contribution in [0.2, 0.25) is 0 Å². The molecule has 0 heterocycles. The van der Waals surface area contributed by atoms with Gasteiger partial charge in [0.15, 0.2) is 0 Å². The van der Waals surface area contributed by atoms with Crippen molar-refractivity contribution in [1.29, 1.82) is 0 Å². The summed E-state index contributed by atoms with van der Waals surface area (Å²) in [7, 11) is 0. The second kappa shape index (κ2) is 7.56. The highest BCUT2D eigenvalue weighted by Gasteiger charge is 2.31. The first-order valence-electron chi connectivity index (χ1n) is 8.43. The third kappa shape index (κ3) is 4.94. The molecule has 108 valence electrons. The monoisotopic (exact) mass is 252 g/mol. The lowest BCUT2D eigenvalue weighted by Gasteiger charge is -2.25. The molecule has 1 aliphatic rings. The fourth-order valence-electron chi connectivity index (χ4n) is 3.85. The van der Waals surface area contributed by atoms with Crippen LogP contribution in [0.3, 0.4) is 0 Å². The van der Waals surface area contributed by atoms with Crippen LogP contribution in [0.15, 0.2) is 0 Å². The van der Waals surface area contributed by atoms with Gasteiger partial charge in [-0.1, -0.05) is 54.4 Å². The summed E-state index contributed by atoms with van der Waals surface area (Å²) < 4.78 is 0. The van der Waals surface area contributed by atoms with Crippen LogP contribution >= 0.6 is 0 Å². The molecule has 4 unspecified atom stereocenters. The molecule has 1 saturated carbocycles. The van der Waals surface area contributed by atoms with Gasteiger partial charge in [0.25, 0.3) is 0 Å². The zero-order valence-corrected chi connectivity index (χ0v) is 13.7. The third-order valence-electron chi connectivity index (χ3n) is 5.39. The third-order valence-corrected chi connectivity index (χ3v) is 5.39. The van der Waals surface area contributed by atoms with Gasteiger partial charge >= 0.3 is 0 Å². The summed E-state index contributed by atoms with van der Waals surface area (Å²) in [6.07, 6.45) is 8.88. The highest BCUT2D eigenvalue weighted by atomic mass is 14.4. The summed E-state index contributed by atoms with van der Waals surface area (Å²) in [5.41, 5.74) is 0. The lowest BCUT2D eigenvalue weighted by molar-refractivity contribution is 0.257. The maximum atomic E-state index is 2.45. The molecule has 0 N–H and O–H groups in total. The van der Waals surface area contributed by atoms with Gasteiger partial charge in [-0.15, -0.1) is 0 Å². The Kier molecular flexibility index (Phi) is 6.74. The average molecular weight is 252 g/mol. The van der Waals surface area contributed by atoms with E-state index in [2.05, 4.69) is 41.5 Å². The predicted octanol–water partition coefficient (Wildman–Crippen LogP) is 6.16. The zero-order chi connectivity index (χ0) is 13.7. The van der Waals surface area contributed by atoms with Crippen LogP contribution < -0.4 is 0 Å². The van der Waals surface area contributed by atoms with Crippen molar-refractivity contribution >= 4 is 0 Å². The molecule has 0 bridgehead atoms. The van der Waals surface area contributed by atoms with Gasteiger partial charge in [0.2, 0.25) is 0 Å². The Hall–Kier alpha value is 0. The highest BCUT2D eigenvalue weighted by molar-refractivity contribution is 4.82. The first-order chi connectivity index (χ1) is 8.43. The lowest BCUT2D eigenvalue weighted by Crippen LogP contribution is -2.15. The van der Waals surface area contributed by atoms with Crippen molar-refractivity contribution in [3.8, 4) is 0 Å². The molecular formula is C18H36. The Morgan fingerprint density at radius 3 is 2.17 bits per heavy atom. The van der Waals surface area contributed by atoms with Gasteiger partial charge in [-0.2, -0.15) is 0 Å². The van der Waals surface area contributed by atoms with E-state index in [0.717, 1.165) is 35.5 Å². The van der Waals surface area contributed by atoms with Crippen LogP contribution in [0.25, 0.3) is 0 Å². The van der Waals surface area contributed by atoms with E-state index in [0.29, 0.717) is 0 Å². The van der Waals surface area contributed by atoms with Crippen molar-refractivity contribution in [2.45, 2.75) is 80.1 Å². The Balaban J connectivity index is 2.39. The van der Waals surface area contributed by atoms with Crippen LogP contribution in [0.5, 0.6) is 0 Å². The molecule has 0 aliphatic heterocycles. The molecule has 0 radical (unpaired) electrons. The van der Waals surface area contributed by atoms with E-state index in [1.807, 2.05) is 0 Å². The van der Waals surface area contributed by atoms with Crippen molar-refractivity contribution in [3.63, 3.8) is 0 Å². The van der Waals surface area contributed by atoms with Gasteiger partial charge in [-0.3, -0.25) is 0 Å². The minimum absolute atomic E-state index is 0.863. The number of hydrogen-bond acceptors (Lipinski definition) is 0. The van der Waals surface area contributed by atoms with E-state index < -0.39 is 0 Å². The number of rotatable bonds is 7. The fraction of sp³-hybridized carbons (Fsp3) is 1.00. The van der Waals surface area contributed by atoms with Crippen molar-refractivity contribution in [2.24, 2.45) is 35.5 Å². The number of hydrogen-bond donors (Lipinski definition) is 0. The molecular weight excluding hydrogens is 216 g/mol. The van der Waals surface area contributed by atoms with Crippen LogP contribution in [0, 0.1) is 35.5 Å².